The number of nitrogens with one attached hydrogen (secondary N) is 1. The van der Waals surface area contributed by atoms with Crippen LogP contribution in [-0.2, 0) is 20.6 Å². The number of sulfonamides is 1. The maximum atomic E-state index is 12.9. The van der Waals surface area contributed by atoms with Crippen LogP contribution in [0, 0.1) is 5.92 Å². The minimum absolute atomic E-state index is 0.132. The summed E-state index contributed by atoms with van der Waals surface area (Å²) in [6.45, 7) is 1.10. The first kappa shape index (κ1) is 24.6. The number of methoxy groups -OCH3 is 1. The van der Waals surface area contributed by atoms with E-state index in [9.17, 15) is 13.2 Å². The molecule has 1 aliphatic heterocycles. The maximum absolute atomic E-state index is 12.9. The Balaban J connectivity index is 1.51. The molecule has 3 rings (SSSR count). The number of halogens is 2. The molecule has 2 aromatic carbocycles. The average Bonchev–Trinajstić information content (AvgIpc) is 2.79. The number of hydrogen-bond acceptors (Lipinski definition) is 5. The van der Waals surface area contributed by atoms with Crippen molar-refractivity contribution in [1.29, 1.82) is 0 Å². The van der Waals surface area contributed by atoms with Crippen LogP contribution in [0.2, 0.25) is 10.0 Å². The van der Waals surface area contributed by atoms with Crippen LogP contribution in [-0.4, -0.2) is 52.0 Å². The zero-order valence-corrected chi connectivity index (χ0v) is 20.0. The number of amides is 1. The van der Waals surface area contributed by atoms with Crippen LogP contribution in [0.3, 0.4) is 0 Å². The lowest BCUT2D eigenvalue weighted by atomic mass is 9.99. The number of ether oxygens (including phenoxy) is 2. The highest BCUT2D eigenvalue weighted by atomic mass is 35.5. The lowest BCUT2D eigenvalue weighted by Gasteiger charge is -2.31. The van der Waals surface area contributed by atoms with Crippen LogP contribution < -0.4 is 14.8 Å². The second-order valence-electron chi connectivity index (χ2n) is 7.47. The molecule has 1 fully saturated rings. The monoisotopic (exact) mass is 500 g/mol. The molecule has 0 aromatic heterocycles. The van der Waals surface area contributed by atoms with E-state index in [-0.39, 0.29) is 18.2 Å². The van der Waals surface area contributed by atoms with Gasteiger partial charge in [0.15, 0.2) is 0 Å². The first-order valence-corrected chi connectivity index (χ1v) is 12.6. The Labute approximate surface area is 198 Å². The predicted molar refractivity (Wildman–Crippen MR) is 125 cm³/mol. The summed E-state index contributed by atoms with van der Waals surface area (Å²) >= 11 is 12.3. The molecule has 1 aliphatic rings. The van der Waals surface area contributed by atoms with Gasteiger partial charge >= 0.3 is 0 Å². The van der Waals surface area contributed by atoms with Crippen molar-refractivity contribution in [3.8, 4) is 11.5 Å². The SMILES string of the molecule is COc1cccc(OCCNC(=O)C2CCCN(S(=O)(=O)Cc3c(Cl)cccc3Cl)C2)c1. The standard InChI is InChI=1S/C22H26Cl2N2O5S/c1-30-17-6-2-7-18(13-17)31-12-10-25-22(27)16-5-4-11-26(14-16)32(28,29)15-19-20(23)8-3-9-21(19)24/h2-3,6-9,13,16H,4-5,10-12,14-15H2,1H3,(H,25,27). The Kier molecular flexibility index (Phi) is 8.64. The Morgan fingerprint density at radius 2 is 1.84 bits per heavy atom. The summed E-state index contributed by atoms with van der Waals surface area (Å²) in [6, 6.07) is 12.1. The molecular weight excluding hydrogens is 475 g/mol. The fourth-order valence-corrected chi connectivity index (χ4v) is 5.89. The van der Waals surface area contributed by atoms with E-state index in [1.54, 1.807) is 37.4 Å². The van der Waals surface area contributed by atoms with E-state index in [1.165, 1.54) is 4.31 Å². The first-order chi connectivity index (χ1) is 15.3. The molecule has 0 aliphatic carbocycles. The highest BCUT2D eigenvalue weighted by Crippen LogP contribution is 2.29. The summed E-state index contributed by atoms with van der Waals surface area (Å²) in [6.07, 6.45) is 1.23. The molecule has 0 saturated carbocycles. The number of benzene rings is 2. The fourth-order valence-electron chi connectivity index (χ4n) is 3.53. The summed E-state index contributed by atoms with van der Waals surface area (Å²) < 4.78 is 38.0. The summed E-state index contributed by atoms with van der Waals surface area (Å²) in [5.41, 5.74) is 0.372. The molecule has 1 amide bonds. The van der Waals surface area contributed by atoms with E-state index < -0.39 is 15.9 Å². The van der Waals surface area contributed by atoms with E-state index in [0.29, 0.717) is 59.6 Å². The van der Waals surface area contributed by atoms with Gasteiger partial charge < -0.3 is 14.8 Å². The number of hydrogen-bond donors (Lipinski definition) is 1. The Morgan fingerprint density at radius 3 is 2.56 bits per heavy atom. The minimum atomic E-state index is -3.67. The lowest BCUT2D eigenvalue weighted by molar-refractivity contribution is -0.126. The second kappa shape index (κ2) is 11.2. The van der Waals surface area contributed by atoms with Crippen molar-refractivity contribution >= 4 is 39.1 Å². The molecule has 2 aromatic rings. The van der Waals surface area contributed by atoms with Crippen LogP contribution >= 0.6 is 23.2 Å². The first-order valence-electron chi connectivity index (χ1n) is 10.3. The topological polar surface area (TPSA) is 84.9 Å². The van der Waals surface area contributed by atoms with Crippen LogP contribution in [0.5, 0.6) is 11.5 Å². The highest BCUT2D eigenvalue weighted by Gasteiger charge is 2.33. The molecule has 1 N–H and O–H groups in total. The molecule has 0 spiro atoms. The lowest BCUT2D eigenvalue weighted by Crippen LogP contribution is -2.46. The predicted octanol–water partition coefficient (Wildman–Crippen LogP) is 3.74. The molecule has 1 heterocycles. The van der Waals surface area contributed by atoms with Gasteiger partial charge in [-0.3, -0.25) is 4.79 Å². The van der Waals surface area contributed by atoms with Gasteiger partial charge in [0.25, 0.3) is 0 Å². The van der Waals surface area contributed by atoms with Crippen LogP contribution in [0.25, 0.3) is 0 Å². The summed E-state index contributed by atoms with van der Waals surface area (Å²) in [5.74, 6) is 0.431. The quantitative estimate of drug-likeness (QED) is 0.530. The van der Waals surface area contributed by atoms with Crippen molar-refractivity contribution in [1.82, 2.24) is 9.62 Å². The number of carbonyl (C=O) groups excluding carboxylic acids is 1. The fraction of sp³-hybridized carbons (Fsp3) is 0.409. The van der Waals surface area contributed by atoms with E-state index in [2.05, 4.69) is 5.32 Å². The number of nitrogens with zero attached hydrogens (tertiary/aromatic N) is 1. The van der Waals surface area contributed by atoms with Gasteiger partial charge in [-0.05, 0) is 37.1 Å². The van der Waals surface area contributed by atoms with E-state index in [0.717, 1.165) is 0 Å². The Hall–Kier alpha value is -2.00. The van der Waals surface area contributed by atoms with Crippen molar-refractivity contribution in [2.45, 2.75) is 18.6 Å². The maximum Gasteiger partial charge on any atom is 0.224 e. The molecule has 1 atom stereocenters. The van der Waals surface area contributed by atoms with Gasteiger partial charge in [0.1, 0.15) is 18.1 Å². The molecule has 0 radical (unpaired) electrons. The number of carbonyl (C=O) groups is 1. The average molecular weight is 501 g/mol. The van der Waals surface area contributed by atoms with Crippen molar-refractivity contribution in [3.63, 3.8) is 0 Å². The smallest absolute Gasteiger partial charge is 0.224 e. The molecule has 7 nitrogen and oxygen atoms in total. The zero-order valence-electron chi connectivity index (χ0n) is 17.7. The van der Waals surface area contributed by atoms with Gasteiger partial charge in [-0.15, -0.1) is 0 Å². The van der Waals surface area contributed by atoms with E-state index >= 15 is 0 Å². The van der Waals surface area contributed by atoms with Gasteiger partial charge in [-0.25, -0.2) is 12.7 Å². The van der Waals surface area contributed by atoms with E-state index in [1.807, 2.05) is 12.1 Å². The third kappa shape index (κ3) is 6.51. The molecule has 0 bridgehead atoms. The van der Waals surface area contributed by atoms with Crippen LogP contribution in [0.4, 0.5) is 0 Å². The minimum Gasteiger partial charge on any atom is -0.497 e. The van der Waals surface area contributed by atoms with Crippen molar-refractivity contribution in [3.05, 3.63) is 58.1 Å². The summed E-state index contributed by atoms with van der Waals surface area (Å²) in [7, 11) is -2.09. The van der Waals surface area contributed by atoms with Crippen molar-refractivity contribution in [2.24, 2.45) is 5.92 Å². The van der Waals surface area contributed by atoms with Crippen LogP contribution in [0.15, 0.2) is 42.5 Å². The number of piperidine rings is 1. The Morgan fingerprint density at radius 1 is 1.16 bits per heavy atom. The largest absolute Gasteiger partial charge is 0.497 e. The van der Waals surface area contributed by atoms with Crippen molar-refractivity contribution in [2.75, 3.05) is 33.4 Å². The third-order valence-electron chi connectivity index (χ3n) is 5.25. The summed E-state index contributed by atoms with van der Waals surface area (Å²) in [5, 5.41) is 3.45. The summed E-state index contributed by atoms with van der Waals surface area (Å²) in [4.78, 5) is 12.6. The second-order valence-corrected chi connectivity index (χ2v) is 10.3. The van der Waals surface area contributed by atoms with Gasteiger partial charge in [0.2, 0.25) is 15.9 Å². The molecular formula is C22H26Cl2N2O5S. The normalized spacial score (nSPS) is 17.0. The zero-order chi connectivity index (χ0) is 23.1. The van der Waals surface area contributed by atoms with Gasteiger partial charge in [0, 0.05) is 34.8 Å². The van der Waals surface area contributed by atoms with Gasteiger partial charge in [-0.1, -0.05) is 35.3 Å². The molecule has 10 heteroatoms. The molecule has 32 heavy (non-hydrogen) atoms. The third-order valence-corrected chi connectivity index (χ3v) is 7.73. The molecule has 174 valence electrons. The molecule has 1 unspecified atom stereocenters. The van der Waals surface area contributed by atoms with Gasteiger partial charge in [0.05, 0.1) is 25.3 Å². The molecule has 1 saturated heterocycles. The van der Waals surface area contributed by atoms with E-state index in [4.69, 9.17) is 32.7 Å². The highest BCUT2D eigenvalue weighted by molar-refractivity contribution is 7.88. The Bertz CT molecular complexity index is 1030. The number of rotatable bonds is 9. The van der Waals surface area contributed by atoms with Crippen molar-refractivity contribution < 1.29 is 22.7 Å². The van der Waals surface area contributed by atoms with Crippen LogP contribution in [0.1, 0.15) is 18.4 Å². The van der Waals surface area contributed by atoms with Gasteiger partial charge in [-0.2, -0.15) is 0 Å².